The fourth-order valence-electron chi connectivity index (χ4n) is 2.09. The van der Waals surface area contributed by atoms with E-state index in [-0.39, 0.29) is 5.25 Å². The second kappa shape index (κ2) is 6.01. The van der Waals surface area contributed by atoms with Gasteiger partial charge in [0.25, 0.3) is 0 Å². The molecule has 0 bridgehead atoms. The number of nitrogens with zero attached hydrogens (tertiary/aromatic N) is 3. The summed E-state index contributed by atoms with van der Waals surface area (Å²) in [6.07, 6.45) is 0. The van der Waals surface area contributed by atoms with Crippen LogP contribution in [0.3, 0.4) is 0 Å². The van der Waals surface area contributed by atoms with Crippen LogP contribution < -0.4 is 5.84 Å². The van der Waals surface area contributed by atoms with Crippen molar-refractivity contribution in [3.63, 3.8) is 0 Å². The van der Waals surface area contributed by atoms with Crippen molar-refractivity contribution in [3.8, 4) is 11.4 Å². The normalized spacial score (nSPS) is 12.2. The minimum Gasteiger partial charge on any atom is -0.335 e. The Hall–Kier alpha value is -2.27. The van der Waals surface area contributed by atoms with Crippen LogP contribution in [-0.2, 0) is 0 Å². The molecule has 2 aromatic carbocycles. The summed E-state index contributed by atoms with van der Waals surface area (Å²) >= 11 is 1.60. The summed E-state index contributed by atoms with van der Waals surface area (Å²) in [4.78, 5) is 0. The van der Waals surface area contributed by atoms with Crippen LogP contribution in [0.5, 0.6) is 0 Å². The second-order valence-corrected chi connectivity index (χ2v) is 6.02. The van der Waals surface area contributed by atoms with Gasteiger partial charge < -0.3 is 5.84 Å². The van der Waals surface area contributed by atoms with E-state index in [0.717, 1.165) is 5.56 Å². The molecule has 0 aliphatic heterocycles. The minimum absolute atomic E-state index is 0.265. The van der Waals surface area contributed by atoms with Gasteiger partial charge in [0.05, 0.1) is 0 Å². The Bertz CT molecular complexity index is 710. The summed E-state index contributed by atoms with van der Waals surface area (Å²) in [6.45, 7) is 2.14. The van der Waals surface area contributed by atoms with Crippen molar-refractivity contribution in [1.29, 1.82) is 0 Å². The summed E-state index contributed by atoms with van der Waals surface area (Å²) in [5.74, 6) is 6.81. The van der Waals surface area contributed by atoms with Gasteiger partial charge in [-0.2, -0.15) is 0 Å². The molecule has 3 rings (SSSR count). The Morgan fingerprint density at radius 3 is 2.24 bits per heavy atom. The average Bonchev–Trinajstić information content (AvgIpc) is 2.90. The fourth-order valence-corrected chi connectivity index (χ4v) is 2.99. The van der Waals surface area contributed by atoms with E-state index in [0.29, 0.717) is 11.0 Å². The fraction of sp³-hybridized carbons (Fsp3) is 0.125. The third-order valence-electron chi connectivity index (χ3n) is 3.25. The molecule has 0 saturated carbocycles. The molecule has 3 aromatic rings. The third kappa shape index (κ3) is 2.92. The molecular weight excluding hydrogens is 280 g/mol. The molecule has 0 aliphatic rings. The lowest BCUT2D eigenvalue weighted by Crippen LogP contribution is -2.11. The van der Waals surface area contributed by atoms with Crippen LogP contribution in [0.4, 0.5) is 0 Å². The molecule has 1 unspecified atom stereocenters. The highest BCUT2D eigenvalue weighted by atomic mass is 32.2. The molecule has 2 N–H and O–H groups in total. The molecule has 21 heavy (non-hydrogen) atoms. The van der Waals surface area contributed by atoms with Crippen LogP contribution in [0.25, 0.3) is 11.4 Å². The van der Waals surface area contributed by atoms with Crippen LogP contribution in [0.1, 0.15) is 17.7 Å². The highest BCUT2D eigenvalue weighted by Gasteiger charge is 2.15. The third-order valence-corrected chi connectivity index (χ3v) is 4.36. The van der Waals surface area contributed by atoms with E-state index in [2.05, 4.69) is 29.3 Å². The summed E-state index contributed by atoms with van der Waals surface area (Å²) in [5, 5.41) is 9.39. The number of nitrogen functional groups attached to an aromatic ring is 1. The van der Waals surface area contributed by atoms with Crippen LogP contribution in [-0.4, -0.2) is 14.9 Å². The largest absolute Gasteiger partial charge is 0.335 e. The van der Waals surface area contributed by atoms with E-state index in [1.165, 1.54) is 5.56 Å². The molecule has 106 valence electrons. The Kier molecular flexibility index (Phi) is 3.92. The maximum atomic E-state index is 6.13. The number of thioether (sulfide) groups is 1. The first kappa shape index (κ1) is 13.7. The van der Waals surface area contributed by atoms with E-state index < -0.39 is 0 Å². The number of aromatic nitrogens is 3. The minimum atomic E-state index is 0.265. The zero-order valence-electron chi connectivity index (χ0n) is 11.7. The first-order chi connectivity index (χ1) is 10.3. The lowest BCUT2D eigenvalue weighted by Gasteiger charge is -2.10. The summed E-state index contributed by atoms with van der Waals surface area (Å²) in [6, 6.07) is 20.1. The zero-order chi connectivity index (χ0) is 14.7. The van der Waals surface area contributed by atoms with E-state index in [1.54, 1.807) is 16.4 Å². The molecule has 1 atom stereocenters. The molecule has 4 nitrogen and oxygen atoms in total. The van der Waals surface area contributed by atoms with Crippen molar-refractivity contribution in [3.05, 3.63) is 66.2 Å². The van der Waals surface area contributed by atoms with Gasteiger partial charge in [-0.25, -0.2) is 4.68 Å². The van der Waals surface area contributed by atoms with Crippen LogP contribution >= 0.6 is 11.8 Å². The van der Waals surface area contributed by atoms with Crippen molar-refractivity contribution in [2.75, 3.05) is 5.84 Å². The van der Waals surface area contributed by atoms with Gasteiger partial charge in [-0.15, -0.1) is 10.2 Å². The highest BCUT2D eigenvalue weighted by molar-refractivity contribution is 7.99. The van der Waals surface area contributed by atoms with E-state index in [9.17, 15) is 0 Å². The van der Waals surface area contributed by atoms with Gasteiger partial charge in [-0.1, -0.05) is 72.4 Å². The van der Waals surface area contributed by atoms with Crippen molar-refractivity contribution in [2.45, 2.75) is 17.3 Å². The predicted molar refractivity (Wildman–Crippen MR) is 86.3 cm³/mol. The van der Waals surface area contributed by atoms with Crippen LogP contribution in [0.2, 0.25) is 0 Å². The number of hydrogen-bond acceptors (Lipinski definition) is 4. The Balaban J connectivity index is 1.83. The van der Waals surface area contributed by atoms with E-state index >= 15 is 0 Å². The average molecular weight is 296 g/mol. The number of rotatable bonds is 4. The lowest BCUT2D eigenvalue weighted by molar-refractivity contribution is 0.844. The summed E-state index contributed by atoms with van der Waals surface area (Å²) < 4.78 is 1.56. The van der Waals surface area contributed by atoms with Crippen LogP contribution in [0.15, 0.2) is 65.8 Å². The summed E-state index contributed by atoms with van der Waals surface area (Å²) in [7, 11) is 0. The van der Waals surface area contributed by atoms with E-state index in [1.807, 2.05) is 48.5 Å². The van der Waals surface area contributed by atoms with Crippen molar-refractivity contribution < 1.29 is 0 Å². The summed E-state index contributed by atoms with van der Waals surface area (Å²) in [5.41, 5.74) is 2.21. The Morgan fingerprint density at radius 1 is 0.952 bits per heavy atom. The topological polar surface area (TPSA) is 56.7 Å². The molecule has 0 saturated heterocycles. The lowest BCUT2D eigenvalue weighted by atomic mass is 10.2. The molecule has 5 heteroatoms. The van der Waals surface area contributed by atoms with Crippen molar-refractivity contribution in [2.24, 2.45) is 0 Å². The van der Waals surface area contributed by atoms with Crippen molar-refractivity contribution in [1.82, 2.24) is 14.9 Å². The van der Waals surface area contributed by atoms with Gasteiger partial charge in [0.15, 0.2) is 5.82 Å². The number of benzene rings is 2. The monoisotopic (exact) mass is 296 g/mol. The van der Waals surface area contributed by atoms with Gasteiger partial charge in [-0.3, -0.25) is 0 Å². The molecule has 0 aliphatic carbocycles. The smallest absolute Gasteiger partial charge is 0.210 e. The molecule has 1 heterocycles. The molecule has 0 radical (unpaired) electrons. The standard InChI is InChI=1S/C16H16N4S/c1-12(13-8-4-2-5-9-13)21-16-19-18-15(20(16)17)14-10-6-3-7-11-14/h2-12H,17H2,1H3. The quantitative estimate of drug-likeness (QED) is 0.591. The number of hydrogen-bond donors (Lipinski definition) is 1. The van der Waals surface area contributed by atoms with Gasteiger partial charge in [0.1, 0.15) is 0 Å². The molecule has 0 amide bonds. The maximum Gasteiger partial charge on any atom is 0.210 e. The van der Waals surface area contributed by atoms with E-state index in [4.69, 9.17) is 5.84 Å². The van der Waals surface area contributed by atoms with Gasteiger partial charge >= 0.3 is 0 Å². The van der Waals surface area contributed by atoms with Crippen molar-refractivity contribution >= 4 is 11.8 Å². The first-order valence-corrected chi connectivity index (χ1v) is 7.61. The van der Waals surface area contributed by atoms with Gasteiger partial charge in [0, 0.05) is 10.8 Å². The Labute approximate surface area is 128 Å². The first-order valence-electron chi connectivity index (χ1n) is 6.73. The molecular formula is C16H16N4S. The van der Waals surface area contributed by atoms with Crippen LogP contribution in [0, 0.1) is 0 Å². The SMILES string of the molecule is CC(Sc1nnc(-c2ccccc2)n1N)c1ccccc1. The van der Waals surface area contributed by atoms with Gasteiger partial charge in [0.2, 0.25) is 5.16 Å². The molecule has 1 aromatic heterocycles. The highest BCUT2D eigenvalue weighted by Crippen LogP contribution is 2.34. The predicted octanol–water partition coefficient (Wildman–Crippen LogP) is 3.51. The Morgan fingerprint density at radius 2 is 1.57 bits per heavy atom. The second-order valence-electron chi connectivity index (χ2n) is 4.71. The molecule has 0 spiro atoms. The van der Waals surface area contributed by atoms with Gasteiger partial charge in [-0.05, 0) is 12.5 Å². The zero-order valence-corrected chi connectivity index (χ0v) is 12.5. The molecule has 0 fully saturated rings. The maximum absolute atomic E-state index is 6.13. The number of nitrogens with two attached hydrogens (primary N) is 1.